The van der Waals surface area contributed by atoms with Crippen molar-refractivity contribution in [3.8, 4) is 0 Å². The van der Waals surface area contributed by atoms with E-state index in [0.29, 0.717) is 21.8 Å². The summed E-state index contributed by atoms with van der Waals surface area (Å²) >= 11 is 5.80. The van der Waals surface area contributed by atoms with E-state index in [1.807, 2.05) is 0 Å². The van der Waals surface area contributed by atoms with Crippen LogP contribution in [0.4, 0.5) is 5.69 Å². The monoisotopic (exact) mass is 417 g/mol. The molecule has 2 aromatic rings. The first kappa shape index (κ1) is 21.9. The zero-order valence-electron chi connectivity index (χ0n) is 15.2. The number of halogens is 1. The van der Waals surface area contributed by atoms with Crippen LogP contribution in [0.1, 0.15) is 17.0 Å². The van der Waals surface area contributed by atoms with Gasteiger partial charge in [-0.3, -0.25) is 19.8 Å². The molecule has 2 rings (SSSR count). The molecule has 9 nitrogen and oxygen atoms in total. The van der Waals surface area contributed by atoms with Gasteiger partial charge in [0.2, 0.25) is 5.91 Å². The summed E-state index contributed by atoms with van der Waals surface area (Å²) in [6, 6.07) is 10.7. The number of nitrogens with two attached hydrogens (primary N) is 2. The number of amides is 2. The maximum Gasteiger partial charge on any atom is 0.312 e. The Balaban J connectivity index is 1.95. The molecule has 0 saturated heterocycles. The van der Waals surface area contributed by atoms with Crippen molar-refractivity contribution < 1.29 is 19.5 Å². The summed E-state index contributed by atoms with van der Waals surface area (Å²) in [5, 5.41) is 22.0. The minimum atomic E-state index is -1.54. The lowest BCUT2D eigenvalue weighted by Crippen LogP contribution is -2.49. The highest BCUT2D eigenvalue weighted by atomic mass is 35.5. The molecule has 152 valence electrons. The number of hydrogen-bond acceptors (Lipinski definition) is 5. The first-order chi connectivity index (χ1) is 13.7. The summed E-state index contributed by atoms with van der Waals surface area (Å²) in [6.07, 6.45) is 0. The lowest BCUT2D eigenvalue weighted by molar-refractivity contribution is -0.138. The largest absolute Gasteiger partial charge is 0.481 e. The number of carbonyl (C=O) groups is 3. The Labute approximate surface area is 171 Å². The number of carbonyl (C=O) groups excluding carboxylic acids is 2. The van der Waals surface area contributed by atoms with E-state index in [-0.39, 0.29) is 12.4 Å². The van der Waals surface area contributed by atoms with E-state index in [9.17, 15) is 19.5 Å². The SMILES string of the molecule is N=C(N)c1ccc(NC(=O)C(N)C(=O)NCC(C(=O)O)c2ccc(Cl)cc2)cc1. The van der Waals surface area contributed by atoms with Gasteiger partial charge in [0, 0.05) is 22.8 Å². The first-order valence-electron chi connectivity index (χ1n) is 8.46. The first-order valence-corrected chi connectivity index (χ1v) is 8.83. The van der Waals surface area contributed by atoms with E-state index in [0.717, 1.165) is 0 Å². The van der Waals surface area contributed by atoms with Crippen molar-refractivity contribution in [2.24, 2.45) is 11.5 Å². The fourth-order valence-electron chi connectivity index (χ4n) is 2.43. The molecular formula is C19H20ClN5O4. The molecule has 0 saturated carbocycles. The molecule has 0 aliphatic rings. The molecule has 0 bridgehead atoms. The second-order valence-corrected chi connectivity index (χ2v) is 6.58. The van der Waals surface area contributed by atoms with Gasteiger partial charge in [0.15, 0.2) is 6.04 Å². The minimum absolute atomic E-state index is 0.118. The van der Waals surface area contributed by atoms with Crippen LogP contribution >= 0.6 is 11.6 Å². The zero-order valence-corrected chi connectivity index (χ0v) is 15.9. The number of aliphatic carboxylic acids is 1. The standard InChI is InChI=1S/C19H20ClN5O4/c20-12-5-1-10(2-6-12)14(19(28)29)9-24-17(26)15(21)18(27)25-13-7-3-11(4-8-13)16(22)23/h1-8,14-15H,9,21H2,(H3,22,23)(H,24,26)(H,25,27)(H,28,29). The van der Waals surface area contributed by atoms with Crippen LogP contribution in [-0.2, 0) is 14.4 Å². The number of amidine groups is 1. The topological polar surface area (TPSA) is 171 Å². The highest BCUT2D eigenvalue weighted by Crippen LogP contribution is 2.18. The molecule has 8 N–H and O–H groups in total. The molecule has 0 radical (unpaired) electrons. The summed E-state index contributed by atoms with van der Waals surface area (Å²) in [5.74, 6) is -3.87. The van der Waals surface area contributed by atoms with Crippen LogP contribution in [0.3, 0.4) is 0 Å². The van der Waals surface area contributed by atoms with Crippen LogP contribution in [0.2, 0.25) is 5.02 Å². The third-order valence-corrected chi connectivity index (χ3v) is 4.33. The number of nitrogen functional groups attached to an aromatic ring is 1. The van der Waals surface area contributed by atoms with Gasteiger partial charge in [0.05, 0.1) is 5.92 Å². The quantitative estimate of drug-likeness (QED) is 0.211. The molecule has 10 heteroatoms. The highest BCUT2D eigenvalue weighted by molar-refractivity contribution is 6.30. The number of carboxylic acids is 1. The molecule has 0 aliphatic carbocycles. The normalized spacial score (nSPS) is 12.5. The van der Waals surface area contributed by atoms with Gasteiger partial charge in [-0.2, -0.15) is 0 Å². The molecule has 0 aliphatic heterocycles. The van der Waals surface area contributed by atoms with E-state index in [2.05, 4.69) is 10.6 Å². The molecule has 0 spiro atoms. The van der Waals surface area contributed by atoms with E-state index in [1.54, 1.807) is 24.3 Å². The second-order valence-electron chi connectivity index (χ2n) is 6.15. The van der Waals surface area contributed by atoms with Crippen LogP contribution in [0.5, 0.6) is 0 Å². The van der Waals surface area contributed by atoms with E-state index < -0.39 is 29.7 Å². The van der Waals surface area contributed by atoms with Crippen molar-refractivity contribution >= 4 is 40.9 Å². The molecule has 2 unspecified atom stereocenters. The van der Waals surface area contributed by atoms with Crippen LogP contribution in [-0.4, -0.2) is 41.3 Å². The van der Waals surface area contributed by atoms with Crippen LogP contribution in [0.15, 0.2) is 48.5 Å². The zero-order chi connectivity index (χ0) is 21.6. The third kappa shape index (κ3) is 6.03. The Bertz CT molecular complexity index is 915. The fraction of sp³-hybridized carbons (Fsp3) is 0.158. The van der Waals surface area contributed by atoms with Crippen LogP contribution in [0, 0.1) is 5.41 Å². The Morgan fingerprint density at radius 1 is 1.03 bits per heavy atom. The predicted molar refractivity (Wildman–Crippen MR) is 109 cm³/mol. The van der Waals surface area contributed by atoms with E-state index in [1.165, 1.54) is 24.3 Å². The Kier molecular flexibility index (Phi) is 7.29. The maximum atomic E-state index is 12.2. The average molecular weight is 418 g/mol. The molecule has 0 heterocycles. The molecule has 2 atom stereocenters. The number of carboxylic acid groups (broad SMARTS) is 1. The van der Waals surface area contributed by atoms with Gasteiger partial charge in [0.1, 0.15) is 5.84 Å². The van der Waals surface area contributed by atoms with Gasteiger partial charge in [-0.15, -0.1) is 0 Å². The third-order valence-electron chi connectivity index (χ3n) is 4.08. The van der Waals surface area contributed by atoms with Gasteiger partial charge in [-0.1, -0.05) is 23.7 Å². The minimum Gasteiger partial charge on any atom is -0.481 e. The number of nitrogens with one attached hydrogen (secondary N) is 3. The predicted octanol–water partition coefficient (Wildman–Crippen LogP) is 0.874. The molecule has 2 amide bonds. The Morgan fingerprint density at radius 2 is 1.62 bits per heavy atom. The number of benzene rings is 2. The van der Waals surface area contributed by atoms with Crippen molar-refractivity contribution in [1.82, 2.24) is 5.32 Å². The molecule has 0 aromatic heterocycles. The number of hydrogen-bond donors (Lipinski definition) is 6. The summed E-state index contributed by atoms with van der Waals surface area (Å²) < 4.78 is 0. The fourth-order valence-corrected chi connectivity index (χ4v) is 2.55. The van der Waals surface area contributed by atoms with Crippen molar-refractivity contribution in [3.63, 3.8) is 0 Å². The van der Waals surface area contributed by atoms with E-state index >= 15 is 0 Å². The van der Waals surface area contributed by atoms with Gasteiger partial charge in [-0.25, -0.2) is 0 Å². The summed E-state index contributed by atoms with van der Waals surface area (Å²) in [4.78, 5) is 35.8. The smallest absolute Gasteiger partial charge is 0.312 e. The Hall–Kier alpha value is -3.43. The average Bonchev–Trinajstić information content (AvgIpc) is 2.68. The van der Waals surface area contributed by atoms with Gasteiger partial charge < -0.3 is 27.2 Å². The lowest BCUT2D eigenvalue weighted by Gasteiger charge is -2.16. The summed E-state index contributed by atoms with van der Waals surface area (Å²) in [5.41, 5.74) is 12.3. The second kappa shape index (κ2) is 9.67. The number of anilines is 1. The maximum absolute atomic E-state index is 12.2. The summed E-state index contributed by atoms with van der Waals surface area (Å²) in [7, 11) is 0. The van der Waals surface area contributed by atoms with Crippen molar-refractivity contribution in [3.05, 3.63) is 64.7 Å². The van der Waals surface area contributed by atoms with Crippen molar-refractivity contribution in [2.75, 3.05) is 11.9 Å². The van der Waals surface area contributed by atoms with Gasteiger partial charge in [-0.05, 0) is 42.0 Å². The number of rotatable bonds is 8. The Morgan fingerprint density at radius 3 is 2.14 bits per heavy atom. The van der Waals surface area contributed by atoms with Gasteiger partial charge in [0.25, 0.3) is 5.91 Å². The van der Waals surface area contributed by atoms with Gasteiger partial charge >= 0.3 is 5.97 Å². The van der Waals surface area contributed by atoms with E-state index in [4.69, 9.17) is 28.5 Å². The molecular weight excluding hydrogens is 398 g/mol. The van der Waals surface area contributed by atoms with Crippen molar-refractivity contribution in [2.45, 2.75) is 12.0 Å². The molecule has 29 heavy (non-hydrogen) atoms. The lowest BCUT2D eigenvalue weighted by atomic mass is 9.99. The van der Waals surface area contributed by atoms with Crippen molar-refractivity contribution in [1.29, 1.82) is 5.41 Å². The van der Waals surface area contributed by atoms with Crippen LogP contribution < -0.4 is 22.1 Å². The molecule has 0 fully saturated rings. The highest BCUT2D eigenvalue weighted by Gasteiger charge is 2.25. The molecule has 2 aromatic carbocycles. The summed E-state index contributed by atoms with van der Waals surface area (Å²) in [6.45, 7) is -0.246. The van der Waals surface area contributed by atoms with Crippen LogP contribution in [0.25, 0.3) is 0 Å².